The zero-order valence-corrected chi connectivity index (χ0v) is 22.5. The van der Waals surface area contributed by atoms with Gasteiger partial charge in [0.1, 0.15) is 5.82 Å². The number of urea groups is 1. The molecule has 41 heavy (non-hydrogen) atoms. The summed E-state index contributed by atoms with van der Waals surface area (Å²) in [5.74, 6) is -1.88. The van der Waals surface area contributed by atoms with E-state index in [2.05, 4.69) is 10.2 Å². The number of piperazine rings is 1. The smallest absolute Gasteiger partial charge is 0.336 e. The summed E-state index contributed by atoms with van der Waals surface area (Å²) in [6.07, 6.45) is 3.51. The zero-order chi connectivity index (χ0) is 28.7. The maximum absolute atomic E-state index is 13.5. The van der Waals surface area contributed by atoms with Gasteiger partial charge in [-0.3, -0.25) is 29.4 Å². The second-order valence-corrected chi connectivity index (χ2v) is 10.8. The van der Waals surface area contributed by atoms with Gasteiger partial charge in [-0.1, -0.05) is 18.2 Å². The fourth-order valence-corrected chi connectivity index (χ4v) is 6.01. The van der Waals surface area contributed by atoms with Gasteiger partial charge in [-0.15, -0.1) is 0 Å². The molecule has 0 atom stereocenters. The standard InChI is InChI=1S/C30H30FN5O5/c31-21-8-6-20(7-9-21)22-3-1-2-4-23(22)27(38)34-15-13-33(14-16-34)18-19-5-10-24-25(17-19)29(40)36(28(24)39)35-12-11-26(37)32-30(35)41/h5-10,17H,1-4,11-16,18H2,(H,32,37,41). The highest BCUT2D eigenvalue weighted by atomic mass is 19.1. The highest BCUT2D eigenvalue weighted by Gasteiger charge is 2.43. The van der Waals surface area contributed by atoms with Crippen molar-refractivity contribution in [2.24, 2.45) is 0 Å². The third-order valence-corrected chi connectivity index (χ3v) is 8.19. The van der Waals surface area contributed by atoms with Gasteiger partial charge in [0.05, 0.1) is 17.7 Å². The van der Waals surface area contributed by atoms with E-state index in [0.29, 0.717) is 32.7 Å². The van der Waals surface area contributed by atoms with Crippen molar-refractivity contribution in [3.63, 3.8) is 0 Å². The maximum atomic E-state index is 13.5. The van der Waals surface area contributed by atoms with Gasteiger partial charge in [-0.2, -0.15) is 5.01 Å². The number of amides is 6. The average molecular weight is 560 g/mol. The van der Waals surface area contributed by atoms with Crippen LogP contribution >= 0.6 is 0 Å². The fourth-order valence-electron chi connectivity index (χ4n) is 6.01. The largest absolute Gasteiger partial charge is 0.343 e. The first-order valence-electron chi connectivity index (χ1n) is 13.9. The number of hydrazine groups is 1. The molecular weight excluding hydrogens is 529 g/mol. The van der Waals surface area contributed by atoms with Gasteiger partial charge in [0.25, 0.3) is 11.8 Å². The predicted molar refractivity (Wildman–Crippen MR) is 145 cm³/mol. The summed E-state index contributed by atoms with van der Waals surface area (Å²) in [6, 6.07) is 10.7. The van der Waals surface area contributed by atoms with Crippen molar-refractivity contribution in [2.75, 3.05) is 32.7 Å². The van der Waals surface area contributed by atoms with E-state index in [1.807, 2.05) is 4.90 Å². The van der Waals surface area contributed by atoms with Crippen LogP contribution in [0, 0.1) is 5.82 Å². The first kappa shape index (κ1) is 26.8. The van der Waals surface area contributed by atoms with E-state index in [4.69, 9.17) is 0 Å². The molecule has 0 saturated carbocycles. The molecule has 1 N–H and O–H groups in total. The molecule has 2 aromatic carbocycles. The van der Waals surface area contributed by atoms with Gasteiger partial charge in [-0.05, 0) is 66.6 Å². The predicted octanol–water partition coefficient (Wildman–Crippen LogP) is 2.95. The molecule has 0 aromatic heterocycles. The Kier molecular flexibility index (Phi) is 7.12. The Morgan fingerprint density at radius 2 is 1.51 bits per heavy atom. The summed E-state index contributed by atoms with van der Waals surface area (Å²) in [7, 11) is 0. The van der Waals surface area contributed by atoms with Crippen LogP contribution in [0.3, 0.4) is 0 Å². The Balaban J connectivity index is 1.10. The van der Waals surface area contributed by atoms with E-state index in [0.717, 1.165) is 58.0 Å². The third kappa shape index (κ3) is 5.13. The molecule has 2 fully saturated rings. The maximum Gasteiger partial charge on any atom is 0.343 e. The van der Waals surface area contributed by atoms with E-state index in [9.17, 15) is 28.4 Å². The van der Waals surface area contributed by atoms with Gasteiger partial charge in [0.2, 0.25) is 11.8 Å². The summed E-state index contributed by atoms with van der Waals surface area (Å²) in [5, 5.41) is 3.92. The van der Waals surface area contributed by atoms with E-state index < -0.39 is 23.8 Å². The van der Waals surface area contributed by atoms with Crippen molar-refractivity contribution < 1.29 is 28.4 Å². The summed E-state index contributed by atoms with van der Waals surface area (Å²) >= 11 is 0. The Morgan fingerprint density at radius 3 is 2.24 bits per heavy atom. The van der Waals surface area contributed by atoms with Gasteiger partial charge in [0.15, 0.2) is 0 Å². The number of allylic oxidation sites excluding steroid dienone is 1. The van der Waals surface area contributed by atoms with Crippen LogP contribution in [0.4, 0.5) is 9.18 Å². The van der Waals surface area contributed by atoms with Crippen molar-refractivity contribution in [3.8, 4) is 0 Å². The van der Waals surface area contributed by atoms with Crippen LogP contribution in [-0.2, 0) is 16.1 Å². The van der Waals surface area contributed by atoms with Crippen molar-refractivity contribution >= 4 is 35.2 Å². The summed E-state index contributed by atoms with van der Waals surface area (Å²) in [5.41, 5.74) is 4.04. The van der Waals surface area contributed by atoms with Crippen LogP contribution in [0.2, 0.25) is 0 Å². The van der Waals surface area contributed by atoms with Crippen molar-refractivity contribution in [3.05, 3.63) is 76.1 Å². The minimum Gasteiger partial charge on any atom is -0.336 e. The number of fused-ring (bicyclic) bond motifs is 1. The molecule has 212 valence electrons. The molecule has 6 rings (SSSR count). The molecule has 2 saturated heterocycles. The second kappa shape index (κ2) is 10.9. The Morgan fingerprint density at radius 1 is 0.805 bits per heavy atom. The number of carbonyl (C=O) groups excluding carboxylic acids is 5. The lowest BCUT2D eigenvalue weighted by Crippen LogP contribution is -2.58. The van der Waals surface area contributed by atoms with E-state index in [1.165, 1.54) is 12.1 Å². The van der Waals surface area contributed by atoms with Crippen molar-refractivity contribution in [1.29, 1.82) is 0 Å². The number of carbonyl (C=O) groups is 5. The number of rotatable bonds is 5. The van der Waals surface area contributed by atoms with Crippen LogP contribution in [0.5, 0.6) is 0 Å². The van der Waals surface area contributed by atoms with E-state index >= 15 is 0 Å². The van der Waals surface area contributed by atoms with Gasteiger partial charge in [-0.25, -0.2) is 14.2 Å². The molecule has 0 unspecified atom stereocenters. The molecule has 0 spiro atoms. The summed E-state index contributed by atoms with van der Waals surface area (Å²) in [6.45, 7) is 2.94. The van der Waals surface area contributed by atoms with Gasteiger partial charge in [0, 0.05) is 44.7 Å². The SMILES string of the molecule is O=C1CCN(N2C(=O)c3ccc(CN4CCN(C(=O)C5=C(c6ccc(F)cc6)CCCC5)CC4)cc3C2=O)C(=O)N1. The minimum absolute atomic E-state index is 0.00368. The second-order valence-electron chi connectivity index (χ2n) is 10.8. The molecule has 0 bridgehead atoms. The monoisotopic (exact) mass is 559 g/mol. The third-order valence-electron chi connectivity index (χ3n) is 8.19. The number of imide groups is 2. The van der Waals surface area contributed by atoms with Crippen molar-refractivity contribution in [2.45, 2.75) is 38.6 Å². The van der Waals surface area contributed by atoms with E-state index in [-0.39, 0.29) is 35.8 Å². The van der Waals surface area contributed by atoms with Crippen molar-refractivity contribution in [1.82, 2.24) is 25.1 Å². The van der Waals surface area contributed by atoms with Crippen LogP contribution in [-0.4, -0.2) is 82.2 Å². The number of hydrogen-bond donors (Lipinski definition) is 1. The lowest BCUT2D eigenvalue weighted by Gasteiger charge is -2.36. The van der Waals surface area contributed by atoms with Crippen LogP contribution in [0.25, 0.3) is 5.57 Å². The molecule has 1 aliphatic carbocycles. The number of benzene rings is 2. The summed E-state index contributed by atoms with van der Waals surface area (Å²) < 4.78 is 13.5. The molecule has 6 amide bonds. The first-order chi connectivity index (χ1) is 19.8. The zero-order valence-electron chi connectivity index (χ0n) is 22.5. The lowest BCUT2D eigenvalue weighted by molar-refractivity contribution is -0.129. The fraction of sp³-hybridized carbons (Fsp3) is 0.367. The van der Waals surface area contributed by atoms with Crippen LogP contribution in [0.15, 0.2) is 48.0 Å². The van der Waals surface area contributed by atoms with Crippen LogP contribution < -0.4 is 5.32 Å². The molecule has 11 heteroatoms. The molecule has 0 radical (unpaired) electrons. The lowest BCUT2D eigenvalue weighted by atomic mass is 9.86. The highest BCUT2D eigenvalue weighted by Crippen LogP contribution is 2.34. The topological polar surface area (TPSA) is 110 Å². The number of nitrogens with one attached hydrogen (secondary N) is 1. The normalized spacial score (nSPS) is 20.1. The Bertz CT molecular complexity index is 1480. The van der Waals surface area contributed by atoms with Gasteiger partial charge < -0.3 is 4.90 Å². The Hall–Kier alpha value is -4.38. The number of hydrogen-bond acceptors (Lipinski definition) is 6. The molecule has 3 heterocycles. The average Bonchev–Trinajstić information content (AvgIpc) is 3.22. The van der Waals surface area contributed by atoms with Crippen LogP contribution in [0.1, 0.15) is 63.9 Å². The number of nitrogens with zero attached hydrogens (tertiary/aromatic N) is 4. The highest BCUT2D eigenvalue weighted by molar-refractivity contribution is 6.22. The first-order valence-corrected chi connectivity index (χ1v) is 13.9. The van der Waals surface area contributed by atoms with Gasteiger partial charge >= 0.3 is 6.03 Å². The molecule has 2 aromatic rings. The molecule has 10 nitrogen and oxygen atoms in total. The molecular formula is C30H30FN5O5. The quantitative estimate of drug-likeness (QED) is 0.565. The minimum atomic E-state index is -0.794. The Labute approximate surface area is 236 Å². The van der Waals surface area contributed by atoms with E-state index in [1.54, 1.807) is 30.3 Å². The molecule has 3 aliphatic heterocycles. The summed E-state index contributed by atoms with van der Waals surface area (Å²) in [4.78, 5) is 67.4. The number of halogens is 1. The molecule has 4 aliphatic rings.